The normalized spacial score (nSPS) is 10.5. The summed E-state index contributed by atoms with van der Waals surface area (Å²) in [5, 5.41) is 0. The molecule has 0 heterocycles. The van der Waals surface area contributed by atoms with Crippen molar-refractivity contribution in [3.63, 3.8) is 0 Å². The van der Waals surface area contributed by atoms with E-state index in [1.165, 1.54) is 19.0 Å². The van der Waals surface area contributed by atoms with E-state index in [4.69, 9.17) is 0 Å². The van der Waals surface area contributed by atoms with Gasteiger partial charge in [0.05, 0.1) is 0 Å². The Labute approximate surface area is 54.9 Å². The van der Waals surface area contributed by atoms with Gasteiger partial charge in [0.2, 0.25) is 0 Å². The van der Waals surface area contributed by atoms with Crippen LogP contribution in [0.15, 0.2) is 0 Å². The monoisotopic (exact) mass is 129 g/mol. The highest BCUT2D eigenvalue weighted by Crippen LogP contribution is 1.88. The van der Waals surface area contributed by atoms with Gasteiger partial charge in [-0.1, -0.05) is 12.6 Å². The zero-order chi connectivity index (χ0) is 6.41. The Morgan fingerprint density at radius 2 is 2.00 bits per heavy atom. The second kappa shape index (κ2) is 5.32. The Morgan fingerprint density at radius 1 is 1.38 bits per heavy atom. The Kier molecular flexibility index (Phi) is 5.43. The number of hydrogen-bond acceptors (Lipinski definition) is 1. The SMILES string of the molecule is C[Si]CCCN(C)C. The van der Waals surface area contributed by atoms with E-state index < -0.39 is 0 Å². The van der Waals surface area contributed by atoms with Crippen molar-refractivity contribution in [1.82, 2.24) is 4.90 Å². The molecule has 0 rings (SSSR count). The summed E-state index contributed by atoms with van der Waals surface area (Å²) in [5.74, 6) is 0. The molecule has 0 bridgehead atoms. The van der Waals surface area contributed by atoms with Crippen molar-refractivity contribution in [2.75, 3.05) is 20.6 Å². The Bertz CT molecular complexity index is 45.8. The summed E-state index contributed by atoms with van der Waals surface area (Å²) in [5.41, 5.74) is 0. The van der Waals surface area contributed by atoms with Gasteiger partial charge in [-0.2, -0.15) is 0 Å². The smallest absolute Gasteiger partial charge is 0.0343 e. The second-order valence-corrected chi connectivity index (χ2v) is 3.47. The largest absolute Gasteiger partial charge is 0.309 e. The van der Waals surface area contributed by atoms with E-state index in [9.17, 15) is 0 Å². The molecule has 0 N–H and O–H groups in total. The van der Waals surface area contributed by atoms with E-state index in [1.807, 2.05) is 0 Å². The first kappa shape index (κ1) is 8.18. The molecule has 0 amide bonds. The molecule has 0 aromatic heterocycles. The third-order valence-corrected chi connectivity index (χ3v) is 1.89. The highest BCUT2D eigenvalue weighted by atomic mass is 28.2. The lowest BCUT2D eigenvalue weighted by atomic mass is 10.5. The number of rotatable bonds is 4. The summed E-state index contributed by atoms with van der Waals surface area (Å²) in [6.45, 7) is 3.51. The first-order valence-electron chi connectivity index (χ1n) is 3.06. The lowest BCUT2D eigenvalue weighted by molar-refractivity contribution is 0.408. The highest BCUT2D eigenvalue weighted by Gasteiger charge is 1.87. The standard InChI is InChI=1S/C6H15NSi/c1-7(2)5-4-6-8-3/h4-6H2,1-3H3. The van der Waals surface area contributed by atoms with Crippen LogP contribution >= 0.6 is 0 Å². The van der Waals surface area contributed by atoms with Crippen molar-refractivity contribution in [2.45, 2.75) is 19.0 Å². The number of hydrogen-bond donors (Lipinski definition) is 0. The van der Waals surface area contributed by atoms with Crippen molar-refractivity contribution >= 4 is 9.52 Å². The minimum atomic E-state index is 1.13. The van der Waals surface area contributed by atoms with Crippen LogP contribution in [0.3, 0.4) is 0 Å². The molecule has 8 heavy (non-hydrogen) atoms. The van der Waals surface area contributed by atoms with Crippen LogP contribution in [0.4, 0.5) is 0 Å². The molecular formula is C6H15NSi. The molecule has 0 saturated heterocycles. The highest BCUT2D eigenvalue weighted by molar-refractivity contribution is 6.33. The molecule has 0 aromatic carbocycles. The van der Waals surface area contributed by atoms with Crippen LogP contribution in [0.25, 0.3) is 0 Å². The van der Waals surface area contributed by atoms with E-state index in [-0.39, 0.29) is 0 Å². The summed E-state index contributed by atoms with van der Waals surface area (Å²) >= 11 is 0. The molecular weight excluding hydrogens is 114 g/mol. The van der Waals surface area contributed by atoms with Gasteiger partial charge in [0.25, 0.3) is 0 Å². The van der Waals surface area contributed by atoms with Gasteiger partial charge < -0.3 is 4.90 Å². The van der Waals surface area contributed by atoms with Gasteiger partial charge in [0, 0.05) is 9.52 Å². The summed E-state index contributed by atoms with van der Waals surface area (Å²) < 4.78 is 0. The van der Waals surface area contributed by atoms with Crippen LogP contribution in [0.1, 0.15) is 6.42 Å². The summed E-state index contributed by atoms with van der Waals surface area (Å²) in [6.07, 6.45) is 1.36. The Morgan fingerprint density at radius 3 is 2.38 bits per heavy atom. The molecule has 48 valence electrons. The maximum Gasteiger partial charge on any atom is 0.0343 e. The topological polar surface area (TPSA) is 3.24 Å². The Hall–Kier alpha value is 0.177. The van der Waals surface area contributed by atoms with Gasteiger partial charge in [-0.3, -0.25) is 0 Å². The maximum atomic E-state index is 2.26. The molecule has 1 nitrogen and oxygen atoms in total. The average molecular weight is 129 g/mol. The van der Waals surface area contributed by atoms with Crippen LogP contribution < -0.4 is 0 Å². The summed E-state index contributed by atoms with van der Waals surface area (Å²) in [6, 6.07) is 1.40. The molecule has 0 aliphatic rings. The van der Waals surface area contributed by atoms with E-state index in [1.54, 1.807) is 0 Å². The van der Waals surface area contributed by atoms with Gasteiger partial charge in [-0.15, -0.1) is 0 Å². The minimum Gasteiger partial charge on any atom is -0.309 e. The van der Waals surface area contributed by atoms with Gasteiger partial charge in [-0.05, 0) is 27.1 Å². The van der Waals surface area contributed by atoms with E-state index in [0.717, 1.165) is 9.52 Å². The predicted octanol–water partition coefficient (Wildman–Crippen LogP) is 1.11. The van der Waals surface area contributed by atoms with Crippen LogP contribution in [-0.2, 0) is 0 Å². The summed E-state index contributed by atoms with van der Waals surface area (Å²) in [7, 11) is 5.38. The fourth-order valence-corrected chi connectivity index (χ4v) is 1.08. The second-order valence-electron chi connectivity index (χ2n) is 2.26. The quantitative estimate of drug-likeness (QED) is 0.406. The van der Waals surface area contributed by atoms with Crippen molar-refractivity contribution in [3.05, 3.63) is 0 Å². The van der Waals surface area contributed by atoms with Crippen LogP contribution in [0, 0.1) is 0 Å². The zero-order valence-electron chi connectivity index (χ0n) is 6.07. The van der Waals surface area contributed by atoms with Crippen molar-refractivity contribution in [3.8, 4) is 0 Å². The molecule has 0 aromatic rings. The Balaban J connectivity index is 2.72. The molecule has 0 aliphatic heterocycles. The van der Waals surface area contributed by atoms with Crippen molar-refractivity contribution < 1.29 is 0 Å². The van der Waals surface area contributed by atoms with E-state index in [2.05, 4.69) is 25.5 Å². The third kappa shape index (κ3) is 6.18. The molecule has 0 atom stereocenters. The first-order valence-corrected chi connectivity index (χ1v) is 4.77. The van der Waals surface area contributed by atoms with Crippen LogP contribution in [-0.4, -0.2) is 35.1 Å². The van der Waals surface area contributed by atoms with Crippen LogP contribution in [0.2, 0.25) is 12.6 Å². The van der Waals surface area contributed by atoms with E-state index >= 15 is 0 Å². The zero-order valence-corrected chi connectivity index (χ0v) is 7.07. The molecule has 0 fully saturated rings. The van der Waals surface area contributed by atoms with Gasteiger partial charge >= 0.3 is 0 Å². The van der Waals surface area contributed by atoms with Crippen molar-refractivity contribution in [2.24, 2.45) is 0 Å². The summed E-state index contributed by atoms with van der Waals surface area (Å²) in [4.78, 5) is 2.24. The fourth-order valence-electron chi connectivity index (χ4n) is 0.572. The first-order chi connectivity index (χ1) is 3.77. The average Bonchev–Trinajstić information content (AvgIpc) is 1.66. The number of nitrogens with zero attached hydrogens (tertiary/aromatic N) is 1. The third-order valence-electron chi connectivity index (χ3n) is 1.03. The molecule has 0 unspecified atom stereocenters. The van der Waals surface area contributed by atoms with E-state index in [0.29, 0.717) is 0 Å². The van der Waals surface area contributed by atoms with Gasteiger partial charge in [0.1, 0.15) is 0 Å². The van der Waals surface area contributed by atoms with Gasteiger partial charge in [-0.25, -0.2) is 0 Å². The maximum absolute atomic E-state index is 2.26. The molecule has 2 radical (unpaired) electrons. The molecule has 0 spiro atoms. The lowest BCUT2D eigenvalue weighted by Gasteiger charge is -2.06. The molecule has 2 heteroatoms. The van der Waals surface area contributed by atoms with Crippen molar-refractivity contribution in [1.29, 1.82) is 0 Å². The minimum absolute atomic E-state index is 1.13. The fraction of sp³-hybridized carbons (Fsp3) is 1.00. The molecule has 0 aliphatic carbocycles. The van der Waals surface area contributed by atoms with Crippen LogP contribution in [0.5, 0.6) is 0 Å². The molecule has 0 saturated carbocycles. The lowest BCUT2D eigenvalue weighted by Crippen LogP contribution is -2.12. The van der Waals surface area contributed by atoms with Gasteiger partial charge in [0.15, 0.2) is 0 Å². The predicted molar refractivity (Wildman–Crippen MR) is 39.6 cm³/mol.